The molecular formula is C27H28F7NO4. The van der Waals surface area contributed by atoms with Crippen molar-refractivity contribution in [3.05, 3.63) is 70.5 Å². The molecule has 1 saturated heterocycles. The number of amides is 1. The lowest BCUT2D eigenvalue weighted by atomic mass is 9.87. The second kappa shape index (κ2) is 10.8. The van der Waals surface area contributed by atoms with E-state index in [1.807, 2.05) is 0 Å². The molecule has 0 radical (unpaired) electrons. The van der Waals surface area contributed by atoms with E-state index in [9.17, 15) is 40.3 Å². The maximum absolute atomic E-state index is 13.7. The SMILES string of the molecule is CC(=O)[C@H]1[C@H](c2ccc(F)cc2)[C@@H](O[C@H](C)c2cc(C(F)(F)F)cc(C(F)(F)F)c2)CN1C(=O)OC(C)(C)C. The Morgan fingerprint density at radius 1 is 0.923 bits per heavy atom. The Balaban J connectivity index is 2.05. The molecule has 12 heteroatoms. The number of rotatable bonds is 5. The zero-order chi connectivity index (χ0) is 29.5. The third-order valence-corrected chi connectivity index (χ3v) is 6.21. The molecule has 2 aromatic rings. The first-order valence-electron chi connectivity index (χ1n) is 12.0. The molecule has 5 nitrogen and oxygen atoms in total. The van der Waals surface area contributed by atoms with Crippen LogP contribution in [0.1, 0.15) is 68.9 Å². The molecule has 1 heterocycles. The van der Waals surface area contributed by atoms with Crippen molar-refractivity contribution < 1.29 is 49.8 Å². The lowest BCUT2D eigenvalue weighted by Crippen LogP contribution is -2.44. The molecule has 0 unspecified atom stereocenters. The fourth-order valence-corrected chi connectivity index (χ4v) is 4.56. The molecule has 0 saturated carbocycles. The van der Waals surface area contributed by atoms with E-state index in [-0.39, 0.29) is 12.6 Å². The minimum atomic E-state index is -5.05. The summed E-state index contributed by atoms with van der Waals surface area (Å²) in [6, 6.07) is 5.02. The third kappa shape index (κ3) is 7.28. The molecular weight excluding hydrogens is 535 g/mol. The number of ether oxygens (including phenoxy) is 2. The van der Waals surface area contributed by atoms with Crippen molar-refractivity contribution in [3.8, 4) is 0 Å². The summed E-state index contributed by atoms with van der Waals surface area (Å²) in [5.41, 5.74) is -3.94. The van der Waals surface area contributed by atoms with E-state index in [2.05, 4.69) is 0 Å². The minimum absolute atomic E-state index is 0.0170. The molecule has 0 N–H and O–H groups in total. The van der Waals surface area contributed by atoms with Crippen LogP contribution in [0.3, 0.4) is 0 Å². The number of carbonyl (C=O) groups excluding carboxylic acids is 2. The average Bonchev–Trinajstić information content (AvgIpc) is 3.16. The Morgan fingerprint density at radius 3 is 1.87 bits per heavy atom. The van der Waals surface area contributed by atoms with Crippen molar-refractivity contribution in [2.75, 3.05) is 6.54 Å². The minimum Gasteiger partial charge on any atom is -0.444 e. The molecule has 1 aliphatic rings. The van der Waals surface area contributed by atoms with Gasteiger partial charge in [0.1, 0.15) is 17.5 Å². The highest BCUT2D eigenvalue weighted by atomic mass is 19.4. The van der Waals surface area contributed by atoms with Crippen molar-refractivity contribution in [1.29, 1.82) is 0 Å². The first kappa shape index (κ1) is 30.4. The topological polar surface area (TPSA) is 55.8 Å². The van der Waals surface area contributed by atoms with E-state index in [1.165, 1.54) is 26.0 Å². The van der Waals surface area contributed by atoms with Crippen LogP contribution in [0.15, 0.2) is 42.5 Å². The number of halogens is 7. The smallest absolute Gasteiger partial charge is 0.416 e. The average molecular weight is 564 g/mol. The summed E-state index contributed by atoms with van der Waals surface area (Å²) in [6.07, 6.45) is -13.3. The zero-order valence-electron chi connectivity index (χ0n) is 21.8. The summed E-state index contributed by atoms with van der Waals surface area (Å²) in [5.74, 6) is -1.95. The molecule has 1 amide bonds. The van der Waals surface area contributed by atoms with Crippen LogP contribution < -0.4 is 0 Å². The molecule has 39 heavy (non-hydrogen) atoms. The van der Waals surface area contributed by atoms with Crippen LogP contribution in [0.4, 0.5) is 35.5 Å². The van der Waals surface area contributed by atoms with Crippen molar-refractivity contribution in [1.82, 2.24) is 4.90 Å². The zero-order valence-corrected chi connectivity index (χ0v) is 21.8. The van der Waals surface area contributed by atoms with Crippen LogP contribution in [0.2, 0.25) is 0 Å². The fraction of sp³-hybridized carbons (Fsp3) is 0.481. The second-order valence-corrected chi connectivity index (χ2v) is 10.4. The maximum Gasteiger partial charge on any atom is 0.416 e. The van der Waals surface area contributed by atoms with Gasteiger partial charge in [0, 0.05) is 5.92 Å². The van der Waals surface area contributed by atoms with E-state index in [0.29, 0.717) is 17.7 Å². The van der Waals surface area contributed by atoms with Crippen LogP contribution in [0, 0.1) is 5.82 Å². The third-order valence-electron chi connectivity index (χ3n) is 6.21. The number of likely N-dealkylation sites (tertiary alicyclic amines) is 1. The number of hydrogen-bond acceptors (Lipinski definition) is 4. The lowest BCUT2D eigenvalue weighted by molar-refractivity contribution is -0.143. The number of benzene rings is 2. The van der Waals surface area contributed by atoms with Crippen LogP contribution >= 0.6 is 0 Å². The maximum atomic E-state index is 13.7. The molecule has 1 fully saturated rings. The van der Waals surface area contributed by atoms with Gasteiger partial charge in [0.2, 0.25) is 0 Å². The lowest BCUT2D eigenvalue weighted by Gasteiger charge is -2.29. The van der Waals surface area contributed by atoms with Crippen LogP contribution in [-0.2, 0) is 26.6 Å². The quantitative estimate of drug-likeness (QED) is 0.358. The highest BCUT2D eigenvalue weighted by molar-refractivity contribution is 5.87. The van der Waals surface area contributed by atoms with Gasteiger partial charge in [-0.2, -0.15) is 26.3 Å². The molecule has 0 aromatic heterocycles. The highest BCUT2D eigenvalue weighted by Crippen LogP contribution is 2.42. The van der Waals surface area contributed by atoms with Crippen LogP contribution in [0.5, 0.6) is 0 Å². The van der Waals surface area contributed by atoms with E-state index >= 15 is 0 Å². The summed E-state index contributed by atoms with van der Waals surface area (Å²) in [6.45, 7) is 7.09. The van der Waals surface area contributed by atoms with E-state index in [1.54, 1.807) is 20.8 Å². The summed E-state index contributed by atoms with van der Waals surface area (Å²) in [7, 11) is 0. The van der Waals surface area contributed by atoms with Gasteiger partial charge < -0.3 is 9.47 Å². The first-order chi connectivity index (χ1) is 17.8. The van der Waals surface area contributed by atoms with Gasteiger partial charge in [-0.05, 0) is 76.1 Å². The van der Waals surface area contributed by atoms with Gasteiger partial charge in [0.15, 0.2) is 5.78 Å². The Kier molecular flexibility index (Phi) is 8.40. The number of carbonyl (C=O) groups is 2. The number of ketones is 1. The number of Topliss-reactive ketones (excluding diaryl/α,β-unsaturated/α-hetero) is 1. The molecule has 1 aliphatic heterocycles. The van der Waals surface area contributed by atoms with Gasteiger partial charge in [-0.1, -0.05) is 12.1 Å². The molecule has 4 atom stereocenters. The van der Waals surface area contributed by atoms with Gasteiger partial charge in [0.25, 0.3) is 0 Å². The second-order valence-electron chi connectivity index (χ2n) is 10.4. The van der Waals surface area contributed by atoms with Gasteiger partial charge in [-0.15, -0.1) is 0 Å². The summed E-state index contributed by atoms with van der Waals surface area (Å²) in [4.78, 5) is 26.9. The molecule has 214 valence electrons. The van der Waals surface area contributed by atoms with Crippen molar-refractivity contribution in [3.63, 3.8) is 0 Å². The number of nitrogens with zero attached hydrogens (tertiary/aromatic N) is 1. The Bertz CT molecular complexity index is 1170. The Hall–Kier alpha value is -3.15. The highest BCUT2D eigenvalue weighted by Gasteiger charge is 2.49. The van der Waals surface area contributed by atoms with Gasteiger partial charge in [-0.3, -0.25) is 9.69 Å². The number of hydrogen-bond donors (Lipinski definition) is 0. The summed E-state index contributed by atoms with van der Waals surface area (Å²) in [5, 5.41) is 0. The molecule has 0 bridgehead atoms. The molecule has 0 spiro atoms. The van der Waals surface area contributed by atoms with Gasteiger partial charge >= 0.3 is 18.4 Å². The van der Waals surface area contributed by atoms with E-state index < -0.39 is 76.5 Å². The summed E-state index contributed by atoms with van der Waals surface area (Å²) < 4.78 is 105. The predicted octanol–water partition coefficient (Wildman–Crippen LogP) is 7.30. The summed E-state index contributed by atoms with van der Waals surface area (Å²) >= 11 is 0. The Labute approximate surface area is 220 Å². The van der Waals surface area contributed by atoms with E-state index in [4.69, 9.17) is 9.47 Å². The predicted molar refractivity (Wildman–Crippen MR) is 126 cm³/mol. The van der Waals surface area contributed by atoms with Crippen molar-refractivity contribution >= 4 is 11.9 Å². The first-order valence-corrected chi connectivity index (χ1v) is 12.0. The van der Waals surface area contributed by atoms with Crippen molar-refractivity contribution in [2.24, 2.45) is 0 Å². The molecule has 3 rings (SSSR count). The monoisotopic (exact) mass is 563 g/mol. The van der Waals surface area contributed by atoms with Gasteiger partial charge in [-0.25, -0.2) is 9.18 Å². The van der Waals surface area contributed by atoms with Crippen molar-refractivity contribution in [2.45, 2.75) is 76.7 Å². The standard InChI is InChI=1S/C27H28F7NO4/c1-14(36)23-22(16-6-8-20(28)9-7-16)21(13-35(23)24(37)39-25(3,4)5)38-15(2)17-10-18(26(29,30)31)12-19(11-17)27(32,33)34/h6-12,15,21-23H,13H2,1-5H3/t15-,21+,22-,23+/m1/s1. The Morgan fingerprint density at radius 2 is 1.44 bits per heavy atom. The molecule has 0 aliphatic carbocycles. The number of alkyl halides is 6. The molecule has 2 aromatic carbocycles. The fourth-order valence-electron chi connectivity index (χ4n) is 4.56. The normalized spacial score (nSPS) is 21.1. The van der Waals surface area contributed by atoms with Gasteiger partial charge in [0.05, 0.1) is 29.9 Å². The largest absolute Gasteiger partial charge is 0.444 e. The van der Waals surface area contributed by atoms with Crippen LogP contribution in [-0.4, -0.2) is 41.1 Å². The van der Waals surface area contributed by atoms with Crippen LogP contribution in [0.25, 0.3) is 0 Å². The van der Waals surface area contributed by atoms with E-state index in [0.717, 1.165) is 17.0 Å².